The molecule has 6 nitrogen and oxygen atoms in total. The summed E-state index contributed by atoms with van der Waals surface area (Å²) in [5.41, 5.74) is 1.66. The molecule has 2 aliphatic rings. The van der Waals surface area contributed by atoms with E-state index in [0.29, 0.717) is 6.04 Å². The zero-order valence-electron chi connectivity index (χ0n) is 11.9. The standard InChI is InChI=1S/C15H19N5O/c21-15(11-1-2-12-8-17-18-14(12)7-11)20-9-13(10-20)19-5-3-16-4-6-19/h1-2,7-8,13,16H,3-6,9-10H2,(H,17,18). The SMILES string of the molecule is O=C(c1ccc2cn[nH]c2c1)N1CC(N2CCNCC2)C1. The first kappa shape index (κ1) is 12.8. The summed E-state index contributed by atoms with van der Waals surface area (Å²) in [4.78, 5) is 16.9. The van der Waals surface area contributed by atoms with E-state index in [4.69, 9.17) is 0 Å². The van der Waals surface area contributed by atoms with Crippen LogP contribution in [0.15, 0.2) is 24.4 Å². The molecule has 0 unspecified atom stereocenters. The molecular formula is C15H19N5O. The molecule has 2 N–H and O–H groups in total. The molecule has 2 aromatic rings. The van der Waals surface area contributed by atoms with Gasteiger partial charge in [-0.15, -0.1) is 0 Å². The number of nitrogens with one attached hydrogen (secondary N) is 2. The van der Waals surface area contributed by atoms with Crippen molar-refractivity contribution in [2.45, 2.75) is 6.04 Å². The van der Waals surface area contributed by atoms with Crippen molar-refractivity contribution in [2.75, 3.05) is 39.3 Å². The van der Waals surface area contributed by atoms with Crippen molar-refractivity contribution >= 4 is 16.8 Å². The Kier molecular flexibility index (Phi) is 3.12. The van der Waals surface area contributed by atoms with Crippen LogP contribution in [-0.2, 0) is 0 Å². The molecular weight excluding hydrogens is 266 g/mol. The summed E-state index contributed by atoms with van der Waals surface area (Å²) >= 11 is 0. The molecule has 2 fully saturated rings. The Morgan fingerprint density at radius 2 is 2.05 bits per heavy atom. The fourth-order valence-corrected chi connectivity index (χ4v) is 3.15. The van der Waals surface area contributed by atoms with E-state index in [1.165, 1.54) is 0 Å². The van der Waals surface area contributed by atoms with Crippen molar-refractivity contribution in [1.82, 2.24) is 25.3 Å². The Labute approximate surface area is 123 Å². The third-order valence-electron chi connectivity index (χ3n) is 4.51. The van der Waals surface area contributed by atoms with Crippen molar-refractivity contribution in [1.29, 1.82) is 0 Å². The first-order valence-electron chi connectivity index (χ1n) is 7.48. The minimum absolute atomic E-state index is 0.123. The van der Waals surface area contributed by atoms with Gasteiger partial charge in [0.2, 0.25) is 0 Å². The highest BCUT2D eigenvalue weighted by atomic mass is 16.2. The summed E-state index contributed by atoms with van der Waals surface area (Å²) in [5, 5.41) is 11.3. The number of rotatable bonds is 2. The number of fused-ring (bicyclic) bond motifs is 1. The van der Waals surface area contributed by atoms with Gasteiger partial charge in [0.1, 0.15) is 0 Å². The van der Waals surface area contributed by atoms with E-state index in [1.54, 1.807) is 6.20 Å². The number of piperazine rings is 1. The Bertz CT molecular complexity index is 655. The number of hydrogen-bond acceptors (Lipinski definition) is 4. The molecule has 6 heteroatoms. The van der Waals surface area contributed by atoms with Gasteiger partial charge in [-0.1, -0.05) is 6.07 Å². The number of amides is 1. The molecule has 0 bridgehead atoms. The molecule has 0 atom stereocenters. The molecule has 4 rings (SSSR count). The highest BCUT2D eigenvalue weighted by molar-refractivity contribution is 5.98. The lowest BCUT2D eigenvalue weighted by Gasteiger charge is -2.46. The number of benzene rings is 1. The molecule has 2 saturated heterocycles. The number of nitrogens with zero attached hydrogens (tertiary/aromatic N) is 3. The van der Waals surface area contributed by atoms with Gasteiger partial charge >= 0.3 is 0 Å². The maximum absolute atomic E-state index is 12.5. The second kappa shape index (κ2) is 5.13. The van der Waals surface area contributed by atoms with Crippen LogP contribution in [-0.4, -0.2) is 71.2 Å². The van der Waals surface area contributed by atoms with Crippen molar-refractivity contribution in [3.8, 4) is 0 Å². The highest BCUT2D eigenvalue weighted by Gasteiger charge is 2.35. The van der Waals surface area contributed by atoms with Gasteiger partial charge in [-0.3, -0.25) is 14.8 Å². The predicted molar refractivity (Wildman–Crippen MR) is 80.2 cm³/mol. The van der Waals surface area contributed by atoms with Gasteiger partial charge in [-0.05, 0) is 12.1 Å². The number of carbonyl (C=O) groups is 1. The maximum atomic E-state index is 12.5. The quantitative estimate of drug-likeness (QED) is 0.832. The molecule has 2 aliphatic heterocycles. The molecule has 0 saturated carbocycles. The Morgan fingerprint density at radius 1 is 1.24 bits per heavy atom. The number of hydrogen-bond donors (Lipinski definition) is 2. The van der Waals surface area contributed by atoms with Gasteiger partial charge < -0.3 is 10.2 Å². The molecule has 110 valence electrons. The van der Waals surface area contributed by atoms with Crippen LogP contribution in [0.2, 0.25) is 0 Å². The number of aromatic nitrogens is 2. The fraction of sp³-hybridized carbons (Fsp3) is 0.467. The Hall–Kier alpha value is -1.92. The molecule has 1 aromatic carbocycles. The van der Waals surface area contributed by atoms with Gasteiger partial charge in [0.15, 0.2) is 0 Å². The molecule has 1 aromatic heterocycles. The predicted octanol–water partition coefficient (Wildman–Crippen LogP) is 0.292. The van der Waals surface area contributed by atoms with Crippen LogP contribution in [0.25, 0.3) is 10.9 Å². The Balaban J connectivity index is 1.42. The van der Waals surface area contributed by atoms with Crippen molar-refractivity contribution in [2.24, 2.45) is 0 Å². The molecule has 0 aliphatic carbocycles. The lowest BCUT2D eigenvalue weighted by atomic mass is 10.0. The second-order valence-electron chi connectivity index (χ2n) is 5.82. The second-order valence-corrected chi connectivity index (χ2v) is 5.82. The van der Waals surface area contributed by atoms with Gasteiger partial charge in [0.05, 0.1) is 11.7 Å². The molecule has 21 heavy (non-hydrogen) atoms. The summed E-state index contributed by atoms with van der Waals surface area (Å²) in [6, 6.07) is 6.26. The normalized spacial score (nSPS) is 20.7. The number of H-pyrrole nitrogens is 1. The van der Waals surface area contributed by atoms with Gasteiger partial charge in [-0.25, -0.2) is 0 Å². The van der Waals surface area contributed by atoms with Gasteiger partial charge in [0, 0.05) is 56.3 Å². The summed E-state index contributed by atoms with van der Waals surface area (Å²) in [5.74, 6) is 0.123. The molecule has 1 amide bonds. The van der Waals surface area contributed by atoms with E-state index in [0.717, 1.165) is 55.7 Å². The largest absolute Gasteiger partial charge is 0.335 e. The van der Waals surface area contributed by atoms with Gasteiger partial charge in [-0.2, -0.15) is 5.10 Å². The van der Waals surface area contributed by atoms with Gasteiger partial charge in [0.25, 0.3) is 5.91 Å². The van der Waals surface area contributed by atoms with E-state index in [2.05, 4.69) is 20.4 Å². The van der Waals surface area contributed by atoms with Crippen molar-refractivity contribution in [3.63, 3.8) is 0 Å². The van der Waals surface area contributed by atoms with E-state index in [9.17, 15) is 4.79 Å². The minimum atomic E-state index is 0.123. The summed E-state index contributed by atoms with van der Waals surface area (Å²) in [6.07, 6.45) is 1.77. The topological polar surface area (TPSA) is 64.3 Å². The number of carbonyl (C=O) groups excluding carboxylic acids is 1. The fourth-order valence-electron chi connectivity index (χ4n) is 3.15. The van der Waals surface area contributed by atoms with E-state index in [1.807, 2.05) is 23.1 Å². The molecule has 0 spiro atoms. The average molecular weight is 285 g/mol. The van der Waals surface area contributed by atoms with Crippen LogP contribution >= 0.6 is 0 Å². The van der Waals surface area contributed by atoms with E-state index in [-0.39, 0.29) is 5.91 Å². The zero-order chi connectivity index (χ0) is 14.2. The third kappa shape index (κ3) is 2.30. The van der Waals surface area contributed by atoms with Crippen LogP contribution < -0.4 is 5.32 Å². The lowest BCUT2D eigenvalue weighted by molar-refractivity contribution is 0.0227. The summed E-state index contributed by atoms with van der Waals surface area (Å²) in [7, 11) is 0. The van der Waals surface area contributed by atoms with E-state index < -0.39 is 0 Å². The maximum Gasteiger partial charge on any atom is 0.254 e. The average Bonchev–Trinajstić information content (AvgIpc) is 2.94. The summed E-state index contributed by atoms with van der Waals surface area (Å²) < 4.78 is 0. The lowest BCUT2D eigenvalue weighted by Crippen LogP contribution is -2.63. The zero-order valence-corrected chi connectivity index (χ0v) is 11.9. The van der Waals surface area contributed by atoms with Crippen LogP contribution in [0.1, 0.15) is 10.4 Å². The van der Waals surface area contributed by atoms with E-state index >= 15 is 0 Å². The van der Waals surface area contributed by atoms with Crippen molar-refractivity contribution in [3.05, 3.63) is 30.0 Å². The highest BCUT2D eigenvalue weighted by Crippen LogP contribution is 2.20. The van der Waals surface area contributed by atoms with Crippen LogP contribution in [0.5, 0.6) is 0 Å². The Morgan fingerprint density at radius 3 is 2.86 bits per heavy atom. The smallest absolute Gasteiger partial charge is 0.254 e. The first-order chi connectivity index (χ1) is 10.3. The third-order valence-corrected chi connectivity index (χ3v) is 4.51. The monoisotopic (exact) mass is 285 g/mol. The molecule has 3 heterocycles. The van der Waals surface area contributed by atoms with Crippen molar-refractivity contribution < 1.29 is 4.79 Å². The number of likely N-dealkylation sites (tertiary alicyclic amines) is 1. The number of aromatic amines is 1. The van der Waals surface area contributed by atoms with Crippen LogP contribution in [0.4, 0.5) is 0 Å². The summed E-state index contributed by atoms with van der Waals surface area (Å²) in [6.45, 7) is 5.99. The van der Waals surface area contributed by atoms with Crippen LogP contribution in [0.3, 0.4) is 0 Å². The van der Waals surface area contributed by atoms with Crippen LogP contribution in [0, 0.1) is 0 Å². The minimum Gasteiger partial charge on any atom is -0.335 e. The molecule has 0 radical (unpaired) electrons. The first-order valence-corrected chi connectivity index (χ1v) is 7.48.